The van der Waals surface area contributed by atoms with Gasteiger partial charge in [-0.1, -0.05) is 42.5 Å². The highest BCUT2D eigenvalue weighted by Crippen LogP contribution is 2.29. The molecule has 0 bridgehead atoms. The molecular formula is C21H24F3N3O. The van der Waals surface area contributed by atoms with E-state index in [1.54, 1.807) is 0 Å². The summed E-state index contributed by atoms with van der Waals surface area (Å²) in [6.45, 7) is 2.66. The number of carbonyl (C=O) groups excluding carboxylic acids is 1. The minimum absolute atomic E-state index is 0.112. The Morgan fingerprint density at radius 1 is 0.964 bits per heavy atom. The van der Waals surface area contributed by atoms with E-state index in [0.717, 1.165) is 43.6 Å². The molecule has 0 saturated carbocycles. The van der Waals surface area contributed by atoms with Gasteiger partial charge in [0.1, 0.15) is 0 Å². The van der Waals surface area contributed by atoms with E-state index in [2.05, 4.69) is 27.7 Å². The van der Waals surface area contributed by atoms with Crippen molar-refractivity contribution < 1.29 is 18.0 Å². The van der Waals surface area contributed by atoms with Crippen molar-refractivity contribution in [2.45, 2.75) is 31.6 Å². The van der Waals surface area contributed by atoms with Crippen molar-refractivity contribution in [3.8, 4) is 0 Å². The van der Waals surface area contributed by atoms with Gasteiger partial charge in [0.05, 0.1) is 11.6 Å². The fourth-order valence-electron chi connectivity index (χ4n) is 3.43. The van der Waals surface area contributed by atoms with Gasteiger partial charge in [-0.05, 0) is 49.2 Å². The van der Waals surface area contributed by atoms with Crippen LogP contribution in [0, 0.1) is 0 Å². The Balaban J connectivity index is 1.52. The van der Waals surface area contributed by atoms with Crippen molar-refractivity contribution in [3.05, 3.63) is 71.3 Å². The fraction of sp³-hybridized carbons (Fsp3) is 0.381. The molecule has 0 aromatic heterocycles. The molecular weight excluding hydrogens is 367 g/mol. The number of halogens is 3. The molecule has 1 unspecified atom stereocenters. The van der Waals surface area contributed by atoms with Crippen molar-refractivity contribution in [2.24, 2.45) is 0 Å². The van der Waals surface area contributed by atoms with Crippen LogP contribution < -0.4 is 10.6 Å². The third-order valence-corrected chi connectivity index (χ3v) is 4.96. The first-order chi connectivity index (χ1) is 13.4. The lowest BCUT2D eigenvalue weighted by Gasteiger charge is -2.28. The SMILES string of the molecule is O=C(NCc1ccc(C(F)(F)F)cc1)NCC(c1ccccc1)N1CCCC1. The van der Waals surface area contributed by atoms with E-state index in [0.29, 0.717) is 12.1 Å². The molecule has 150 valence electrons. The van der Waals surface area contributed by atoms with Crippen molar-refractivity contribution >= 4 is 6.03 Å². The summed E-state index contributed by atoms with van der Waals surface area (Å²) in [5.41, 5.74) is 1.08. The van der Waals surface area contributed by atoms with Crippen LogP contribution in [-0.4, -0.2) is 30.6 Å². The number of hydrogen-bond acceptors (Lipinski definition) is 2. The van der Waals surface area contributed by atoms with Gasteiger partial charge < -0.3 is 10.6 Å². The quantitative estimate of drug-likeness (QED) is 0.769. The molecule has 1 heterocycles. The Kier molecular flexibility index (Phi) is 6.57. The summed E-state index contributed by atoms with van der Waals surface area (Å²) in [5.74, 6) is 0. The normalized spacial score (nSPS) is 16.0. The van der Waals surface area contributed by atoms with Crippen molar-refractivity contribution in [2.75, 3.05) is 19.6 Å². The molecule has 4 nitrogen and oxygen atoms in total. The van der Waals surface area contributed by atoms with E-state index in [-0.39, 0.29) is 18.6 Å². The number of amides is 2. The predicted molar refractivity (Wildman–Crippen MR) is 102 cm³/mol. The molecule has 1 atom stereocenters. The first-order valence-corrected chi connectivity index (χ1v) is 9.40. The molecule has 1 aliphatic rings. The van der Waals surface area contributed by atoms with Crippen LogP contribution in [0.1, 0.15) is 35.6 Å². The summed E-state index contributed by atoms with van der Waals surface area (Å²) in [7, 11) is 0. The predicted octanol–water partition coefficient (Wildman–Crippen LogP) is 4.34. The number of alkyl halides is 3. The molecule has 0 spiro atoms. The van der Waals surface area contributed by atoms with Gasteiger partial charge in [-0.25, -0.2) is 4.79 Å². The lowest BCUT2D eigenvalue weighted by Crippen LogP contribution is -2.41. The summed E-state index contributed by atoms with van der Waals surface area (Å²) in [4.78, 5) is 14.5. The van der Waals surface area contributed by atoms with Gasteiger partial charge in [0.2, 0.25) is 0 Å². The largest absolute Gasteiger partial charge is 0.416 e. The second kappa shape index (κ2) is 9.10. The number of carbonyl (C=O) groups is 1. The molecule has 2 N–H and O–H groups in total. The van der Waals surface area contributed by atoms with Crippen LogP contribution in [-0.2, 0) is 12.7 Å². The van der Waals surface area contributed by atoms with E-state index in [9.17, 15) is 18.0 Å². The van der Waals surface area contributed by atoms with Crippen LogP contribution in [0.5, 0.6) is 0 Å². The average molecular weight is 391 g/mol. The van der Waals surface area contributed by atoms with Gasteiger partial charge in [0.25, 0.3) is 0 Å². The molecule has 28 heavy (non-hydrogen) atoms. The first-order valence-electron chi connectivity index (χ1n) is 9.40. The minimum atomic E-state index is -4.36. The van der Waals surface area contributed by atoms with E-state index in [1.807, 2.05) is 18.2 Å². The van der Waals surface area contributed by atoms with Gasteiger partial charge in [-0.15, -0.1) is 0 Å². The summed E-state index contributed by atoms with van der Waals surface area (Å²) in [6.07, 6.45) is -2.04. The minimum Gasteiger partial charge on any atom is -0.336 e. The molecule has 3 rings (SSSR count). The van der Waals surface area contributed by atoms with Gasteiger partial charge >= 0.3 is 12.2 Å². The van der Waals surface area contributed by atoms with Crippen molar-refractivity contribution in [1.82, 2.24) is 15.5 Å². The van der Waals surface area contributed by atoms with E-state index >= 15 is 0 Å². The maximum Gasteiger partial charge on any atom is 0.416 e. The topological polar surface area (TPSA) is 44.4 Å². The van der Waals surface area contributed by atoms with Crippen LogP contribution in [0.4, 0.5) is 18.0 Å². The van der Waals surface area contributed by atoms with E-state index in [1.165, 1.54) is 12.1 Å². The van der Waals surface area contributed by atoms with E-state index < -0.39 is 11.7 Å². The Hall–Kier alpha value is -2.54. The zero-order valence-electron chi connectivity index (χ0n) is 15.5. The fourth-order valence-corrected chi connectivity index (χ4v) is 3.43. The molecule has 1 saturated heterocycles. The Morgan fingerprint density at radius 3 is 2.21 bits per heavy atom. The zero-order valence-corrected chi connectivity index (χ0v) is 15.5. The highest BCUT2D eigenvalue weighted by Gasteiger charge is 2.30. The Bertz CT molecular complexity index is 757. The monoisotopic (exact) mass is 391 g/mol. The summed E-state index contributed by atoms with van der Waals surface area (Å²) >= 11 is 0. The summed E-state index contributed by atoms with van der Waals surface area (Å²) in [5, 5.41) is 5.60. The number of hydrogen-bond donors (Lipinski definition) is 2. The Labute approximate surface area is 162 Å². The number of benzene rings is 2. The molecule has 2 aromatic carbocycles. The number of likely N-dealkylation sites (tertiary alicyclic amines) is 1. The third-order valence-electron chi connectivity index (χ3n) is 4.96. The van der Waals surface area contributed by atoms with Crippen LogP contribution in [0.25, 0.3) is 0 Å². The van der Waals surface area contributed by atoms with Gasteiger partial charge in [0, 0.05) is 13.1 Å². The lowest BCUT2D eigenvalue weighted by atomic mass is 10.1. The van der Waals surface area contributed by atoms with Crippen LogP contribution in [0.15, 0.2) is 54.6 Å². The summed E-state index contributed by atoms with van der Waals surface area (Å²) < 4.78 is 37.8. The van der Waals surface area contributed by atoms with Crippen molar-refractivity contribution in [3.63, 3.8) is 0 Å². The number of rotatable bonds is 6. The Morgan fingerprint density at radius 2 is 1.61 bits per heavy atom. The third kappa shape index (κ3) is 5.48. The molecule has 2 aromatic rings. The number of urea groups is 1. The van der Waals surface area contributed by atoms with Crippen LogP contribution in [0.3, 0.4) is 0 Å². The van der Waals surface area contributed by atoms with Gasteiger partial charge in [-0.3, -0.25) is 4.90 Å². The molecule has 2 amide bonds. The zero-order chi connectivity index (χ0) is 20.0. The second-order valence-electron chi connectivity index (χ2n) is 6.93. The maximum atomic E-state index is 12.6. The maximum absolute atomic E-state index is 12.6. The molecule has 0 radical (unpaired) electrons. The first kappa shape index (κ1) is 20.2. The molecule has 0 aliphatic carbocycles. The van der Waals surface area contributed by atoms with Gasteiger partial charge in [-0.2, -0.15) is 13.2 Å². The number of nitrogens with one attached hydrogen (secondary N) is 2. The molecule has 7 heteroatoms. The second-order valence-corrected chi connectivity index (χ2v) is 6.93. The van der Waals surface area contributed by atoms with Crippen LogP contribution >= 0.6 is 0 Å². The summed E-state index contributed by atoms with van der Waals surface area (Å²) in [6, 6.07) is 14.6. The molecule has 1 aliphatic heterocycles. The van der Waals surface area contributed by atoms with Crippen molar-refractivity contribution in [1.29, 1.82) is 0 Å². The standard InChI is InChI=1S/C21H24F3N3O/c22-21(23,24)18-10-8-16(9-11-18)14-25-20(28)26-15-19(27-12-4-5-13-27)17-6-2-1-3-7-17/h1-3,6-11,19H,4-5,12-15H2,(H2,25,26,28). The smallest absolute Gasteiger partial charge is 0.336 e. The highest BCUT2D eigenvalue weighted by atomic mass is 19.4. The highest BCUT2D eigenvalue weighted by molar-refractivity contribution is 5.73. The average Bonchev–Trinajstić information content (AvgIpc) is 3.21. The molecule has 1 fully saturated rings. The lowest BCUT2D eigenvalue weighted by molar-refractivity contribution is -0.137. The number of nitrogens with zero attached hydrogens (tertiary/aromatic N) is 1. The van der Waals surface area contributed by atoms with Gasteiger partial charge in [0.15, 0.2) is 0 Å². The van der Waals surface area contributed by atoms with E-state index in [4.69, 9.17) is 0 Å². The van der Waals surface area contributed by atoms with Crippen LogP contribution in [0.2, 0.25) is 0 Å².